The zero-order chi connectivity index (χ0) is 15.9. The summed E-state index contributed by atoms with van der Waals surface area (Å²) in [6, 6.07) is 3.52. The van der Waals surface area contributed by atoms with Crippen LogP contribution in [0.2, 0.25) is 0 Å². The van der Waals surface area contributed by atoms with Gasteiger partial charge in [0.25, 0.3) is 0 Å². The summed E-state index contributed by atoms with van der Waals surface area (Å²) < 4.78 is 5.91. The van der Waals surface area contributed by atoms with Crippen LogP contribution in [0, 0.1) is 0 Å². The monoisotopic (exact) mass is 303 g/mol. The Kier molecular flexibility index (Phi) is 3.60. The van der Waals surface area contributed by atoms with Crippen molar-refractivity contribution >= 4 is 16.9 Å². The van der Waals surface area contributed by atoms with Gasteiger partial charge in [-0.3, -0.25) is 4.79 Å². The number of H-pyrrole nitrogens is 1. The largest absolute Gasteiger partial charge is 0.508 e. The van der Waals surface area contributed by atoms with E-state index in [4.69, 9.17) is 4.74 Å². The number of phenolic OH excluding ortho intramolecular Hbond substituents is 1. The molecule has 0 fully saturated rings. The average Bonchev–Trinajstić information content (AvgIpc) is 2.86. The lowest BCUT2D eigenvalue weighted by molar-refractivity contribution is -0.148. The molecule has 0 radical (unpaired) electrons. The fourth-order valence-corrected chi connectivity index (χ4v) is 3.54. The fourth-order valence-electron chi connectivity index (χ4n) is 3.54. The third-order valence-electron chi connectivity index (χ3n) is 4.66. The molecule has 0 aliphatic carbocycles. The standard InChI is InChI=1S/C17H21NO4/c1-3-10-7-11(19)8-13-12-5-6-22-17(4-2,9-14(20)21)16(12)18-15(10)13/h7-8,18-19H,3-6,9H2,1-2H3,(H,20,21)/t17-/m1/s1. The minimum absolute atomic E-state index is 0.0588. The number of nitrogens with one attached hydrogen (secondary N) is 1. The molecule has 5 heteroatoms. The summed E-state index contributed by atoms with van der Waals surface area (Å²) in [4.78, 5) is 14.7. The Bertz CT molecular complexity index is 734. The summed E-state index contributed by atoms with van der Waals surface area (Å²) in [5.74, 6) is -0.620. The van der Waals surface area contributed by atoms with Crippen molar-refractivity contribution in [1.82, 2.24) is 4.98 Å². The second-order valence-electron chi connectivity index (χ2n) is 5.88. The molecule has 0 unspecified atom stereocenters. The first-order valence-corrected chi connectivity index (χ1v) is 7.73. The molecule has 3 rings (SSSR count). The first-order chi connectivity index (χ1) is 10.5. The van der Waals surface area contributed by atoms with Crippen LogP contribution >= 0.6 is 0 Å². The average molecular weight is 303 g/mol. The Morgan fingerprint density at radius 1 is 1.41 bits per heavy atom. The van der Waals surface area contributed by atoms with Crippen molar-refractivity contribution < 1.29 is 19.7 Å². The number of carboxylic acid groups (broad SMARTS) is 1. The molecule has 2 aromatic rings. The van der Waals surface area contributed by atoms with E-state index in [1.54, 1.807) is 12.1 Å². The van der Waals surface area contributed by atoms with Crippen LogP contribution in [0.3, 0.4) is 0 Å². The smallest absolute Gasteiger partial charge is 0.306 e. The third-order valence-corrected chi connectivity index (χ3v) is 4.66. The van der Waals surface area contributed by atoms with Crippen molar-refractivity contribution in [2.24, 2.45) is 0 Å². The topological polar surface area (TPSA) is 82.5 Å². The quantitative estimate of drug-likeness (QED) is 0.810. The van der Waals surface area contributed by atoms with Crippen LogP contribution in [-0.4, -0.2) is 27.8 Å². The van der Waals surface area contributed by atoms with E-state index in [-0.39, 0.29) is 12.2 Å². The zero-order valence-corrected chi connectivity index (χ0v) is 12.9. The van der Waals surface area contributed by atoms with Crippen LogP contribution in [0.4, 0.5) is 0 Å². The Morgan fingerprint density at radius 3 is 2.82 bits per heavy atom. The van der Waals surface area contributed by atoms with Gasteiger partial charge in [0, 0.05) is 10.9 Å². The number of carboxylic acids is 1. The van der Waals surface area contributed by atoms with Gasteiger partial charge >= 0.3 is 5.97 Å². The van der Waals surface area contributed by atoms with Crippen molar-refractivity contribution in [2.75, 3.05) is 6.61 Å². The summed E-state index contributed by atoms with van der Waals surface area (Å²) in [6.07, 6.45) is 2.05. The Morgan fingerprint density at radius 2 is 2.18 bits per heavy atom. The molecule has 5 nitrogen and oxygen atoms in total. The van der Waals surface area contributed by atoms with Gasteiger partial charge in [-0.05, 0) is 42.5 Å². The van der Waals surface area contributed by atoms with E-state index in [1.165, 1.54) is 0 Å². The second-order valence-corrected chi connectivity index (χ2v) is 5.88. The van der Waals surface area contributed by atoms with Crippen LogP contribution in [0.5, 0.6) is 5.75 Å². The number of aromatic hydroxyl groups is 1. The molecule has 1 aromatic carbocycles. The molecule has 118 valence electrons. The van der Waals surface area contributed by atoms with Crippen molar-refractivity contribution in [3.8, 4) is 5.75 Å². The number of hydrogen-bond donors (Lipinski definition) is 3. The minimum Gasteiger partial charge on any atom is -0.508 e. The molecule has 1 aromatic heterocycles. The molecule has 0 saturated heterocycles. The van der Waals surface area contributed by atoms with Gasteiger partial charge < -0.3 is 19.9 Å². The normalized spacial score (nSPS) is 21.0. The molecule has 1 aliphatic rings. The highest BCUT2D eigenvalue weighted by atomic mass is 16.5. The van der Waals surface area contributed by atoms with E-state index >= 15 is 0 Å². The van der Waals surface area contributed by atoms with Crippen LogP contribution in [0.25, 0.3) is 10.9 Å². The van der Waals surface area contributed by atoms with Crippen molar-refractivity contribution in [3.63, 3.8) is 0 Å². The summed E-state index contributed by atoms with van der Waals surface area (Å²) in [7, 11) is 0. The maximum atomic E-state index is 11.3. The highest BCUT2D eigenvalue weighted by molar-refractivity contribution is 5.89. The number of aryl methyl sites for hydroxylation is 1. The van der Waals surface area contributed by atoms with Gasteiger partial charge in [0.1, 0.15) is 11.4 Å². The van der Waals surface area contributed by atoms with E-state index in [0.717, 1.165) is 40.6 Å². The molecule has 0 amide bonds. The van der Waals surface area contributed by atoms with Gasteiger partial charge in [0.15, 0.2) is 0 Å². The number of hydrogen-bond acceptors (Lipinski definition) is 3. The lowest BCUT2D eigenvalue weighted by Crippen LogP contribution is -2.37. The van der Waals surface area contributed by atoms with Crippen LogP contribution in [0.1, 0.15) is 43.5 Å². The van der Waals surface area contributed by atoms with E-state index in [0.29, 0.717) is 13.0 Å². The maximum Gasteiger partial charge on any atom is 0.306 e. The van der Waals surface area contributed by atoms with Gasteiger partial charge in [-0.25, -0.2) is 0 Å². The minimum atomic E-state index is -0.869. The summed E-state index contributed by atoms with van der Waals surface area (Å²) in [5.41, 5.74) is 3.15. The number of aromatic amines is 1. The third kappa shape index (κ3) is 2.16. The molecular formula is C17H21NO4. The molecule has 1 atom stereocenters. The van der Waals surface area contributed by atoms with Gasteiger partial charge in [-0.2, -0.15) is 0 Å². The molecular weight excluding hydrogens is 282 g/mol. The molecule has 0 bridgehead atoms. The zero-order valence-electron chi connectivity index (χ0n) is 12.9. The highest BCUT2D eigenvalue weighted by Gasteiger charge is 2.41. The number of phenols is 1. The maximum absolute atomic E-state index is 11.3. The molecule has 2 heterocycles. The van der Waals surface area contributed by atoms with Gasteiger partial charge in [-0.1, -0.05) is 13.8 Å². The Labute approximate surface area is 128 Å². The van der Waals surface area contributed by atoms with E-state index in [9.17, 15) is 15.0 Å². The van der Waals surface area contributed by atoms with Gasteiger partial charge in [-0.15, -0.1) is 0 Å². The van der Waals surface area contributed by atoms with Gasteiger partial charge in [0.05, 0.1) is 18.7 Å². The summed E-state index contributed by atoms with van der Waals surface area (Å²) in [5, 5.41) is 20.2. The molecule has 1 aliphatic heterocycles. The first kappa shape index (κ1) is 14.9. The fraction of sp³-hybridized carbons (Fsp3) is 0.471. The predicted octanol–water partition coefficient (Wildman–Crippen LogP) is 3.09. The number of aliphatic carboxylic acids is 1. The summed E-state index contributed by atoms with van der Waals surface area (Å²) in [6.45, 7) is 4.48. The highest BCUT2D eigenvalue weighted by Crippen LogP contribution is 2.42. The lowest BCUT2D eigenvalue weighted by atomic mass is 9.86. The van der Waals surface area contributed by atoms with Gasteiger partial charge in [0.2, 0.25) is 0 Å². The lowest BCUT2D eigenvalue weighted by Gasteiger charge is -2.35. The van der Waals surface area contributed by atoms with Crippen molar-refractivity contribution in [2.45, 2.75) is 45.1 Å². The van der Waals surface area contributed by atoms with Crippen molar-refractivity contribution in [3.05, 3.63) is 29.0 Å². The Hall–Kier alpha value is -2.01. The molecule has 0 saturated carbocycles. The summed E-state index contributed by atoms with van der Waals surface area (Å²) >= 11 is 0. The molecule has 22 heavy (non-hydrogen) atoms. The Balaban J connectivity index is 2.27. The SMILES string of the molecule is CCc1cc(O)cc2c3c([nH]c12)[C@@](CC)(CC(=O)O)OCC3. The number of aromatic nitrogens is 1. The number of rotatable bonds is 4. The van der Waals surface area contributed by atoms with Crippen LogP contribution in [0.15, 0.2) is 12.1 Å². The molecule has 3 N–H and O–H groups in total. The predicted molar refractivity (Wildman–Crippen MR) is 83.2 cm³/mol. The number of fused-ring (bicyclic) bond motifs is 3. The first-order valence-electron chi connectivity index (χ1n) is 7.73. The number of ether oxygens (including phenoxy) is 1. The molecule has 0 spiro atoms. The van der Waals surface area contributed by atoms with E-state index in [2.05, 4.69) is 4.98 Å². The van der Waals surface area contributed by atoms with Crippen molar-refractivity contribution in [1.29, 1.82) is 0 Å². The van der Waals surface area contributed by atoms with Crippen LogP contribution < -0.4 is 0 Å². The van der Waals surface area contributed by atoms with E-state index in [1.807, 2.05) is 13.8 Å². The van der Waals surface area contributed by atoms with Crippen LogP contribution in [-0.2, 0) is 28.0 Å². The van der Waals surface area contributed by atoms with E-state index < -0.39 is 11.6 Å². The number of carbonyl (C=O) groups is 1. The second kappa shape index (κ2) is 5.32. The number of benzene rings is 1.